The van der Waals surface area contributed by atoms with E-state index in [0.29, 0.717) is 12.2 Å². The molecule has 2 heterocycles. The molecule has 3 aromatic rings. The number of aryl methyl sites for hydroxylation is 1. The molecular weight excluding hydrogens is 276 g/mol. The summed E-state index contributed by atoms with van der Waals surface area (Å²) in [7, 11) is 0. The van der Waals surface area contributed by atoms with Crippen molar-refractivity contribution < 1.29 is 4.52 Å². The van der Waals surface area contributed by atoms with Crippen molar-refractivity contribution in [3.63, 3.8) is 0 Å². The second-order valence-electron chi connectivity index (χ2n) is 5.35. The Hall–Kier alpha value is -2.56. The Bertz CT molecular complexity index is 766. The molecule has 1 aromatic carbocycles. The predicted molar refractivity (Wildman–Crippen MR) is 88.6 cm³/mol. The first-order valence-corrected chi connectivity index (χ1v) is 7.59. The molecule has 2 aromatic heterocycles. The van der Waals surface area contributed by atoms with Crippen molar-refractivity contribution in [1.82, 2.24) is 10.1 Å². The fraction of sp³-hybridized carbons (Fsp3) is 0.294. The molecule has 114 valence electrons. The number of fused-ring (bicyclic) bond motifs is 1. The molecule has 0 aliphatic heterocycles. The second-order valence-corrected chi connectivity index (χ2v) is 5.35. The van der Waals surface area contributed by atoms with Gasteiger partial charge in [-0.15, -0.1) is 0 Å². The third-order valence-corrected chi connectivity index (χ3v) is 3.64. The van der Waals surface area contributed by atoms with Crippen molar-refractivity contribution in [3.8, 4) is 0 Å². The van der Waals surface area contributed by atoms with Gasteiger partial charge in [0.2, 0.25) is 0 Å². The molecule has 0 fully saturated rings. The van der Waals surface area contributed by atoms with Crippen molar-refractivity contribution in [2.75, 3.05) is 11.1 Å². The zero-order valence-electron chi connectivity index (χ0n) is 12.7. The standard InChI is InChI=1S/C17H20N4O/c1-2-3-6-13-9-12(21-22-13)10-20-17-14-7-4-5-8-16(14)19-11-15(17)18/h4-5,7-9,11H,2-3,6,10,18H2,1H3,(H,19,20). The van der Waals surface area contributed by atoms with Gasteiger partial charge in [0.05, 0.1) is 29.6 Å². The lowest BCUT2D eigenvalue weighted by molar-refractivity contribution is 0.375. The lowest BCUT2D eigenvalue weighted by Crippen LogP contribution is -2.04. The van der Waals surface area contributed by atoms with Crippen LogP contribution in [0.3, 0.4) is 0 Å². The predicted octanol–water partition coefficient (Wildman–Crippen LogP) is 3.76. The number of unbranched alkanes of at least 4 members (excludes halogenated alkanes) is 1. The number of nitrogen functional groups attached to an aromatic ring is 1. The molecule has 0 radical (unpaired) electrons. The van der Waals surface area contributed by atoms with Gasteiger partial charge in [-0.25, -0.2) is 0 Å². The maximum atomic E-state index is 6.05. The van der Waals surface area contributed by atoms with Crippen LogP contribution < -0.4 is 11.1 Å². The molecule has 0 bridgehead atoms. The Kier molecular flexibility index (Phi) is 4.23. The van der Waals surface area contributed by atoms with Crippen molar-refractivity contribution in [2.45, 2.75) is 32.7 Å². The van der Waals surface area contributed by atoms with Crippen LogP contribution in [0.15, 0.2) is 41.1 Å². The van der Waals surface area contributed by atoms with Gasteiger partial charge >= 0.3 is 0 Å². The van der Waals surface area contributed by atoms with Crippen molar-refractivity contribution >= 4 is 22.3 Å². The lowest BCUT2D eigenvalue weighted by Gasteiger charge is -2.10. The largest absolute Gasteiger partial charge is 0.396 e. The number of aromatic nitrogens is 2. The number of pyridine rings is 1. The average molecular weight is 296 g/mol. The van der Waals surface area contributed by atoms with E-state index in [1.807, 2.05) is 30.3 Å². The Morgan fingerprint density at radius 1 is 1.27 bits per heavy atom. The number of rotatable bonds is 6. The van der Waals surface area contributed by atoms with Gasteiger partial charge in [0, 0.05) is 17.9 Å². The van der Waals surface area contributed by atoms with Crippen LogP contribution >= 0.6 is 0 Å². The molecule has 5 nitrogen and oxygen atoms in total. The van der Waals surface area contributed by atoms with E-state index in [4.69, 9.17) is 10.3 Å². The van der Waals surface area contributed by atoms with Crippen LogP contribution in [0.5, 0.6) is 0 Å². The molecule has 0 aliphatic carbocycles. The average Bonchev–Trinajstić information content (AvgIpc) is 3.00. The molecule has 0 amide bonds. The summed E-state index contributed by atoms with van der Waals surface area (Å²) in [5, 5.41) is 8.47. The number of hydrogen-bond acceptors (Lipinski definition) is 5. The Labute approximate surface area is 129 Å². The summed E-state index contributed by atoms with van der Waals surface area (Å²) >= 11 is 0. The summed E-state index contributed by atoms with van der Waals surface area (Å²) in [5.74, 6) is 0.936. The van der Waals surface area contributed by atoms with E-state index < -0.39 is 0 Å². The fourth-order valence-corrected chi connectivity index (χ4v) is 2.44. The van der Waals surface area contributed by atoms with E-state index in [9.17, 15) is 0 Å². The quantitative estimate of drug-likeness (QED) is 0.724. The molecule has 0 spiro atoms. The molecule has 0 unspecified atom stereocenters. The molecule has 3 N–H and O–H groups in total. The highest BCUT2D eigenvalue weighted by Crippen LogP contribution is 2.27. The SMILES string of the molecule is CCCCc1cc(CNc2c(N)cnc3ccccc23)no1. The number of nitrogens with two attached hydrogens (primary N) is 1. The van der Waals surface area contributed by atoms with E-state index in [2.05, 4.69) is 22.4 Å². The monoisotopic (exact) mass is 296 g/mol. The van der Waals surface area contributed by atoms with Gasteiger partial charge in [-0.3, -0.25) is 4.98 Å². The first-order valence-electron chi connectivity index (χ1n) is 7.59. The van der Waals surface area contributed by atoms with Crippen molar-refractivity contribution in [3.05, 3.63) is 48.0 Å². The molecular formula is C17H20N4O. The topological polar surface area (TPSA) is 77.0 Å². The zero-order valence-corrected chi connectivity index (χ0v) is 12.7. The third kappa shape index (κ3) is 3.03. The number of benzene rings is 1. The zero-order chi connectivity index (χ0) is 15.4. The third-order valence-electron chi connectivity index (χ3n) is 3.64. The van der Waals surface area contributed by atoms with Gasteiger partial charge in [-0.2, -0.15) is 0 Å². The number of hydrogen-bond donors (Lipinski definition) is 2. The van der Waals surface area contributed by atoms with E-state index in [0.717, 1.165) is 47.3 Å². The van der Waals surface area contributed by atoms with Crippen LogP contribution in [-0.2, 0) is 13.0 Å². The van der Waals surface area contributed by atoms with Gasteiger partial charge in [-0.05, 0) is 12.5 Å². The number of nitrogens with one attached hydrogen (secondary N) is 1. The van der Waals surface area contributed by atoms with Crippen LogP contribution in [0.2, 0.25) is 0 Å². The maximum Gasteiger partial charge on any atom is 0.137 e. The van der Waals surface area contributed by atoms with Crippen LogP contribution in [0.1, 0.15) is 31.2 Å². The van der Waals surface area contributed by atoms with Gasteiger partial charge in [0.1, 0.15) is 11.5 Å². The van der Waals surface area contributed by atoms with E-state index in [-0.39, 0.29) is 0 Å². The van der Waals surface area contributed by atoms with E-state index in [1.165, 1.54) is 0 Å². The smallest absolute Gasteiger partial charge is 0.137 e. The van der Waals surface area contributed by atoms with E-state index in [1.54, 1.807) is 6.20 Å². The highest BCUT2D eigenvalue weighted by atomic mass is 16.5. The summed E-state index contributed by atoms with van der Waals surface area (Å²) in [5.41, 5.74) is 9.38. The second kappa shape index (κ2) is 6.47. The molecule has 3 rings (SSSR count). The summed E-state index contributed by atoms with van der Waals surface area (Å²) < 4.78 is 5.34. The summed E-state index contributed by atoms with van der Waals surface area (Å²) in [6, 6.07) is 9.93. The van der Waals surface area contributed by atoms with Gasteiger partial charge in [0.15, 0.2) is 0 Å². The first kappa shape index (κ1) is 14.4. The Balaban J connectivity index is 1.76. The summed E-state index contributed by atoms with van der Waals surface area (Å²) in [6.07, 6.45) is 4.88. The molecule has 22 heavy (non-hydrogen) atoms. The van der Waals surface area contributed by atoms with Crippen LogP contribution in [-0.4, -0.2) is 10.1 Å². The normalized spacial score (nSPS) is 11.0. The van der Waals surface area contributed by atoms with Crippen LogP contribution in [0.4, 0.5) is 11.4 Å². The molecule has 0 saturated heterocycles. The minimum atomic E-state index is 0.577. The number of anilines is 2. The van der Waals surface area contributed by atoms with Crippen LogP contribution in [0, 0.1) is 0 Å². The van der Waals surface area contributed by atoms with E-state index >= 15 is 0 Å². The number of para-hydroxylation sites is 1. The highest BCUT2D eigenvalue weighted by Gasteiger charge is 2.08. The molecule has 0 atom stereocenters. The van der Waals surface area contributed by atoms with Crippen molar-refractivity contribution in [1.29, 1.82) is 0 Å². The van der Waals surface area contributed by atoms with Gasteiger partial charge < -0.3 is 15.6 Å². The van der Waals surface area contributed by atoms with Crippen LogP contribution in [0.25, 0.3) is 10.9 Å². The Morgan fingerprint density at radius 3 is 3.00 bits per heavy atom. The first-order chi connectivity index (χ1) is 10.8. The summed E-state index contributed by atoms with van der Waals surface area (Å²) in [4.78, 5) is 4.34. The Morgan fingerprint density at radius 2 is 2.14 bits per heavy atom. The molecule has 0 aliphatic rings. The molecule has 5 heteroatoms. The van der Waals surface area contributed by atoms with Gasteiger partial charge in [-0.1, -0.05) is 36.7 Å². The highest BCUT2D eigenvalue weighted by molar-refractivity contribution is 5.96. The fourth-order valence-electron chi connectivity index (χ4n) is 2.44. The maximum absolute atomic E-state index is 6.05. The summed E-state index contributed by atoms with van der Waals surface area (Å²) in [6.45, 7) is 2.74. The minimum Gasteiger partial charge on any atom is -0.396 e. The number of nitrogens with zero attached hydrogens (tertiary/aromatic N) is 2. The van der Waals surface area contributed by atoms with Crippen molar-refractivity contribution in [2.24, 2.45) is 0 Å². The molecule has 0 saturated carbocycles. The lowest BCUT2D eigenvalue weighted by atomic mass is 10.1. The van der Waals surface area contributed by atoms with Gasteiger partial charge in [0.25, 0.3) is 0 Å². The minimum absolute atomic E-state index is 0.577.